The molecule has 0 spiro atoms. The van der Waals surface area contributed by atoms with E-state index in [9.17, 15) is 44.4 Å². The van der Waals surface area contributed by atoms with Crippen molar-refractivity contribution in [3.8, 4) is 0 Å². The van der Waals surface area contributed by atoms with Gasteiger partial charge in [-0.15, -0.1) is 0 Å². The van der Waals surface area contributed by atoms with Crippen LogP contribution in [0.25, 0.3) is 10.4 Å². The van der Waals surface area contributed by atoms with Gasteiger partial charge >= 0.3 is 0 Å². The van der Waals surface area contributed by atoms with Gasteiger partial charge in [0.25, 0.3) is 5.79 Å². The Kier molecular flexibility index (Phi) is 7.21. The Bertz CT molecular complexity index is 840. The number of rotatable bonds is 7. The van der Waals surface area contributed by atoms with Crippen LogP contribution >= 0.6 is 0 Å². The third-order valence-corrected chi connectivity index (χ3v) is 5.02. The van der Waals surface area contributed by atoms with Crippen molar-refractivity contribution in [3.05, 3.63) is 10.4 Å². The minimum Gasteiger partial charge on any atom is -0.394 e. The Morgan fingerprint density at radius 2 is 1.60 bits per heavy atom. The average Bonchev–Trinajstić information content (AvgIpc) is 2.64. The van der Waals surface area contributed by atoms with Gasteiger partial charge < -0.3 is 25.2 Å². The molecule has 0 aromatic rings. The molecule has 166 valence electrons. The Balaban J connectivity index is 4.23. The number of carbonyl (C=O) groups is 5. The van der Waals surface area contributed by atoms with E-state index in [1.165, 1.54) is 0 Å². The van der Waals surface area contributed by atoms with Crippen LogP contribution < -0.4 is 0 Å². The van der Waals surface area contributed by atoms with Gasteiger partial charge in [0.1, 0.15) is 18.8 Å². The summed E-state index contributed by atoms with van der Waals surface area (Å²) in [6.07, 6.45) is -4.45. The number of aliphatic hydroxyl groups is 4. The van der Waals surface area contributed by atoms with Crippen molar-refractivity contribution < 1.29 is 49.1 Å². The summed E-state index contributed by atoms with van der Waals surface area (Å²) in [4.78, 5) is 65.2. The number of carbonyl (C=O) groups excluding carboxylic acids is 5. The summed E-state index contributed by atoms with van der Waals surface area (Å²) in [5, 5.41) is 45.4. The molecular weight excluding hydrogens is 408 g/mol. The van der Waals surface area contributed by atoms with Crippen molar-refractivity contribution in [1.82, 2.24) is 4.90 Å². The highest BCUT2D eigenvalue weighted by atomic mass is 16.7. The lowest BCUT2D eigenvalue weighted by Gasteiger charge is -2.60. The zero-order valence-electron chi connectivity index (χ0n) is 16.6. The molecule has 30 heavy (non-hydrogen) atoms. The molecule has 0 aliphatic carbocycles. The first kappa shape index (κ1) is 25.3. The summed E-state index contributed by atoms with van der Waals surface area (Å²) in [6, 6.07) is 0. The average molecular weight is 430 g/mol. The standard InChI is InChI=1S/C16H22N4O10/c1-7(22)14(28)13(27)11(6-21)30-16(29,9(3)24)15(14,8(2)23)20(10(4)25)12(26)5-18-19-17/h11,13,21,27-29H,5-6H2,1-4H3/t11-,13+,14+,15-,16?/m1/s1. The zero-order chi connectivity index (χ0) is 23.7. The van der Waals surface area contributed by atoms with Gasteiger partial charge in [-0.1, -0.05) is 5.11 Å². The molecule has 1 unspecified atom stereocenters. The number of ketones is 3. The van der Waals surface area contributed by atoms with Gasteiger partial charge in [-0.2, -0.15) is 0 Å². The SMILES string of the molecule is CC(=O)N(C(=O)CN=[N+]=[N-])[C@@]1(C(C)=O)C(O)(C(C)=O)O[C@H](CO)[C@H](O)[C@@]1(O)C(C)=O. The fourth-order valence-electron chi connectivity index (χ4n) is 3.80. The van der Waals surface area contributed by atoms with E-state index in [2.05, 4.69) is 10.0 Å². The maximum atomic E-state index is 12.9. The van der Waals surface area contributed by atoms with E-state index in [-0.39, 0.29) is 4.90 Å². The van der Waals surface area contributed by atoms with Crippen LogP contribution in [-0.4, -0.2) is 96.8 Å². The maximum Gasteiger partial charge on any atom is 0.262 e. The minimum absolute atomic E-state index is 0.135. The number of amides is 2. The fourth-order valence-corrected chi connectivity index (χ4v) is 3.80. The van der Waals surface area contributed by atoms with Crippen LogP contribution in [0.4, 0.5) is 0 Å². The van der Waals surface area contributed by atoms with Crippen molar-refractivity contribution in [1.29, 1.82) is 0 Å². The second kappa shape index (κ2) is 8.55. The lowest BCUT2D eigenvalue weighted by atomic mass is 9.61. The Hall–Kier alpha value is -2.74. The summed E-state index contributed by atoms with van der Waals surface area (Å²) in [6.45, 7) is 0.413. The number of hydrogen-bond acceptors (Lipinski definition) is 11. The molecule has 1 heterocycles. The van der Waals surface area contributed by atoms with Crippen molar-refractivity contribution >= 4 is 29.2 Å². The molecule has 0 aromatic heterocycles. The number of hydrogen-bond donors (Lipinski definition) is 4. The molecule has 0 saturated carbocycles. The largest absolute Gasteiger partial charge is 0.394 e. The molecular formula is C16H22N4O10. The highest BCUT2D eigenvalue weighted by Crippen LogP contribution is 2.49. The second-order valence-corrected chi connectivity index (χ2v) is 6.71. The summed E-state index contributed by atoms with van der Waals surface area (Å²) in [5.41, 5.74) is 1.43. The van der Waals surface area contributed by atoms with Crippen molar-refractivity contribution in [2.24, 2.45) is 5.11 Å². The first-order valence-corrected chi connectivity index (χ1v) is 8.50. The van der Waals surface area contributed by atoms with Gasteiger partial charge in [-0.05, 0) is 19.4 Å². The van der Waals surface area contributed by atoms with Gasteiger partial charge in [0.05, 0.1) is 6.61 Å². The molecule has 0 radical (unpaired) electrons. The third kappa shape index (κ3) is 3.19. The van der Waals surface area contributed by atoms with Crippen LogP contribution in [0.15, 0.2) is 5.11 Å². The van der Waals surface area contributed by atoms with Crippen LogP contribution in [-0.2, 0) is 28.7 Å². The van der Waals surface area contributed by atoms with Gasteiger partial charge in [0.2, 0.25) is 17.4 Å². The molecule has 4 N–H and O–H groups in total. The molecule has 1 rings (SSSR count). The first-order chi connectivity index (χ1) is 13.7. The predicted molar refractivity (Wildman–Crippen MR) is 94.2 cm³/mol. The van der Waals surface area contributed by atoms with Crippen LogP contribution in [0.5, 0.6) is 0 Å². The number of ether oxygens (including phenoxy) is 1. The normalized spacial score (nSPS) is 33.2. The van der Waals surface area contributed by atoms with Crippen molar-refractivity contribution in [2.75, 3.05) is 13.2 Å². The first-order valence-electron chi connectivity index (χ1n) is 8.50. The number of nitrogens with zero attached hydrogens (tertiary/aromatic N) is 4. The second-order valence-electron chi connectivity index (χ2n) is 6.71. The van der Waals surface area contributed by atoms with Crippen LogP contribution in [0, 0.1) is 0 Å². The number of aliphatic hydroxyl groups excluding tert-OH is 2. The Morgan fingerprint density at radius 1 is 1.07 bits per heavy atom. The highest BCUT2D eigenvalue weighted by molar-refractivity contribution is 6.11. The lowest BCUT2D eigenvalue weighted by Crippen LogP contribution is -2.90. The van der Waals surface area contributed by atoms with E-state index in [1.807, 2.05) is 0 Å². The molecule has 14 nitrogen and oxygen atoms in total. The molecule has 14 heteroatoms. The van der Waals surface area contributed by atoms with Gasteiger partial charge in [-0.25, -0.2) is 0 Å². The Morgan fingerprint density at radius 3 is 1.93 bits per heavy atom. The summed E-state index contributed by atoms with van der Waals surface area (Å²) < 4.78 is 5.03. The summed E-state index contributed by atoms with van der Waals surface area (Å²) in [5.74, 6) is -10.8. The maximum absolute atomic E-state index is 12.9. The Labute approximate surface area is 169 Å². The van der Waals surface area contributed by atoms with E-state index in [1.54, 1.807) is 0 Å². The van der Waals surface area contributed by atoms with E-state index >= 15 is 0 Å². The molecule has 5 atom stereocenters. The molecule has 0 bridgehead atoms. The molecule has 1 aliphatic heterocycles. The van der Waals surface area contributed by atoms with E-state index in [0.717, 1.165) is 0 Å². The summed E-state index contributed by atoms with van der Waals surface area (Å²) >= 11 is 0. The summed E-state index contributed by atoms with van der Waals surface area (Å²) in [7, 11) is 0. The van der Waals surface area contributed by atoms with E-state index in [4.69, 9.17) is 10.3 Å². The minimum atomic E-state index is -3.57. The number of azide groups is 1. The van der Waals surface area contributed by atoms with Crippen LogP contribution in [0.3, 0.4) is 0 Å². The quantitative estimate of drug-likeness (QED) is 0.186. The van der Waals surface area contributed by atoms with E-state index in [0.29, 0.717) is 27.7 Å². The smallest absolute Gasteiger partial charge is 0.262 e. The molecule has 1 aliphatic rings. The number of imide groups is 1. The number of Topliss-reactive ketones (excluding diaryl/α,β-unsaturated/α-hetero) is 3. The molecule has 0 aromatic carbocycles. The molecule has 1 saturated heterocycles. The third-order valence-electron chi connectivity index (χ3n) is 5.02. The lowest BCUT2D eigenvalue weighted by molar-refractivity contribution is -0.352. The fraction of sp³-hybridized carbons (Fsp3) is 0.688. The van der Waals surface area contributed by atoms with Gasteiger partial charge in [0.15, 0.2) is 23.0 Å². The highest BCUT2D eigenvalue weighted by Gasteiger charge is 2.81. The van der Waals surface area contributed by atoms with Crippen LogP contribution in [0.1, 0.15) is 27.7 Å². The molecule has 2 amide bonds. The monoisotopic (exact) mass is 430 g/mol. The predicted octanol–water partition coefficient (Wildman–Crippen LogP) is -2.65. The van der Waals surface area contributed by atoms with Gasteiger partial charge in [0, 0.05) is 18.8 Å². The van der Waals surface area contributed by atoms with Crippen molar-refractivity contribution in [2.45, 2.75) is 56.8 Å². The zero-order valence-corrected chi connectivity index (χ0v) is 16.6. The topological polar surface area (TPSA) is 227 Å². The molecule has 1 fully saturated rings. The van der Waals surface area contributed by atoms with Crippen LogP contribution in [0.2, 0.25) is 0 Å². The van der Waals surface area contributed by atoms with E-state index < -0.39 is 71.5 Å². The van der Waals surface area contributed by atoms with Gasteiger partial charge in [-0.3, -0.25) is 28.9 Å². The van der Waals surface area contributed by atoms with Crippen molar-refractivity contribution in [3.63, 3.8) is 0 Å².